The van der Waals surface area contributed by atoms with Crippen molar-refractivity contribution in [3.8, 4) is 0 Å². The maximum atomic E-state index is 12.0. The molecule has 7 nitrogen and oxygen atoms in total. The van der Waals surface area contributed by atoms with Crippen molar-refractivity contribution >= 4 is 12.0 Å². The van der Waals surface area contributed by atoms with Gasteiger partial charge < -0.3 is 25.0 Å². The van der Waals surface area contributed by atoms with Crippen LogP contribution in [-0.4, -0.2) is 79.4 Å². The lowest BCUT2D eigenvalue weighted by Gasteiger charge is -2.48. The third-order valence-corrected chi connectivity index (χ3v) is 3.11. The fraction of sp³-hybridized carbons (Fsp3) is 0.833. The minimum Gasteiger partial charge on any atom is -0.480 e. The van der Waals surface area contributed by atoms with Gasteiger partial charge in [-0.3, -0.25) is 0 Å². The Hall–Kier alpha value is -1.34. The number of urea groups is 1. The third-order valence-electron chi connectivity index (χ3n) is 3.11. The summed E-state index contributed by atoms with van der Waals surface area (Å²) >= 11 is 0. The smallest absolute Gasteiger partial charge is 0.329 e. The van der Waals surface area contributed by atoms with Crippen LogP contribution in [0.15, 0.2) is 0 Å². The largest absolute Gasteiger partial charge is 0.480 e. The molecule has 0 unspecified atom stereocenters. The van der Waals surface area contributed by atoms with Crippen molar-refractivity contribution in [2.24, 2.45) is 0 Å². The van der Waals surface area contributed by atoms with Gasteiger partial charge in [0.05, 0.1) is 13.1 Å². The first-order chi connectivity index (χ1) is 8.88. The van der Waals surface area contributed by atoms with Gasteiger partial charge >= 0.3 is 12.0 Å². The summed E-state index contributed by atoms with van der Waals surface area (Å²) in [6.07, 6.45) is 0.902. The van der Waals surface area contributed by atoms with Crippen LogP contribution in [0.5, 0.6) is 0 Å². The molecule has 1 heterocycles. The van der Waals surface area contributed by atoms with E-state index in [1.54, 1.807) is 16.8 Å². The molecular formula is C12H23N3O4. The summed E-state index contributed by atoms with van der Waals surface area (Å²) in [5.74, 6) is -0.991. The van der Waals surface area contributed by atoms with Crippen LogP contribution in [0, 0.1) is 0 Å². The quantitative estimate of drug-likeness (QED) is 0.629. The highest BCUT2D eigenvalue weighted by molar-refractivity contribution is 5.75. The highest BCUT2D eigenvalue weighted by atomic mass is 16.5. The number of aliphatic carboxylic acids is 1. The molecule has 0 atom stereocenters. The van der Waals surface area contributed by atoms with Crippen LogP contribution in [-0.2, 0) is 9.53 Å². The summed E-state index contributed by atoms with van der Waals surface area (Å²) in [7, 11) is 3.65. The number of carbonyl (C=O) groups excluding carboxylic acids is 1. The van der Waals surface area contributed by atoms with E-state index in [2.05, 4.69) is 5.32 Å². The van der Waals surface area contributed by atoms with Gasteiger partial charge in [-0.25, -0.2) is 9.59 Å². The van der Waals surface area contributed by atoms with Crippen LogP contribution in [0.1, 0.15) is 13.3 Å². The lowest BCUT2D eigenvalue weighted by Crippen LogP contribution is -2.65. The van der Waals surface area contributed by atoms with Gasteiger partial charge in [0, 0.05) is 13.6 Å². The fourth-order valence-electron chi connectivity index (χ4n) is 2.05. The Balaban J connectivity index is 2.28. The Kier molecular flexibility index (Phi) is 5.56. The summed E-state index contributed by atoms with van der Waals surface area (Å²) in [5.41, 5.74) is -0.528. The van der Waals surface area contributed by atoms with Gasteiger partial charge in [-0.05, 0) is 26.9 Å². The number of carbonyl (C=O) groups is 2. The second-order valence-corrected chi connectivity index (χ2v) is 5.15. The van der Waals surface area contributed by atoms with Crippen molar-refractivity contribution < 1.29 is 19.4 Å². The van der Waals surface area contributed by atoms with E-state index in [0.29, 0.717) is 19.6 Å². The van der Waals surface area contributed by atoms with Gasteiger partial charge in [0.15, 0.2) is 0 Å². The summed E-state index contributed by atoms with van der Waals surface area (Å²) in [5, 5.41) is 11.6. The number of likely N-dealkylation sites (tertiary alicyclic amines) is 1. The summed E-state index contributed by atoms with van der Waals surface area (Å²) in [6.45, 7) is 3.95. The van der Waals surface area contributed by atoms with E-state index < -0.39 is 11.6 Å². The van der Waals surface area contributed by atoms with E-state index in [4.69, 9.17) is 9.84 Å². The maximum absolute atomic E-state index is 12.0. The van der Waals surface area contributed by atoms with Crippen LogP contribution >= 0.6 is 0 Å². The fourth-order valence-corrected chi connectivity index (χ4v) is 2.05. The number of amides is 2. The van der Waals surface area contributed by atoms with Gasteiger partial charge in [-0.2, -0.15) is 0 Å². The molecule has 1 fully saturated rings. The summed E-state index contributed by atoms with van der Waals surface area (Å²) in [4.78, 5) is 25.8. The Bertz CT molecular complexity index is 329. The molecule has 0 radical (unpaired) electrons. The zero-order chi connectivity index (χ0) is 14.5. The summed E-state index contributed by atoms with van der Waals surface area (Å²) in [6, 6.07) is -0.0347. The molecule has 2 amide bonds. The first kappa shape index (κ1) is 15.7. The Morgan fingerprint density at radius 1 is 1.47 bits per heavy atom. The minimum atomic E-state index is -0.991. The minimum absolute atomic E-state index is 0.0347. The molecule has 7 heteroatoms. The highest BCUT2D eigenvalue weighted by Gasteiger charge is 2.43. The molecule has 1 aliphatic rings. The zero-order valence-electron chi connectivity index (χ0n) is 11.8. The number of ether oxygens (including phenoxy) is 1. The standard InChI is InChI=1S/C12H23N3O4/c1-12(19-7-10(16)17)8-15(9-12)11(18)14(3)6-4-5-13-2/h13H,4-9H2,1-3H3,(H,16,17). The van der Waals surface area contributed by atoms with Crippen molar-refractivity contribution in [2.45, 2.75) is 18.9 Å². The van der Waals surface area contributed by atoms with Crippen LogP contribution in [0.4, 0.5) is 4.79 Å². The van der Waals surface area contributed by atoms with Crippen LogP contribution in [0.3, 0.4) is 0 Å². The van der Waals surface area contributed by atoms with E-state index in [1.165, 1.54) is 0 Å². The molecule has 0 aliphatic carbocycles. The third kappa shape index (κ3) is 4.68. The molecule has 0 aromatic carbocycles. The maximum Gasteiger partial charge on any atom is 0.329 e. The molecular weight excluding hydrogens is 250 g/mol. The molecule has 110 valence electrons. The SMILES string of the molecule is CNCCCN(C)C(=O)N1CC(C)(OCC(=O)O)C1. The molecule has 1 rings (SSSR count). The van der Waals surface area contributed by atoms with Crippen molar-refractivity contribution in [3.05, 3.63) is 0 Å². The first-order valence-corrected chi connectivity index (χ1v) is 6.38. The van der Waals surface area contributed by atoms with Gasteiger partial charge in [0.2, 0.25) is 0 Å². The number of hydrogen-bond acceptors (Lipinski definition) is 4. The predicted octanol–water partition coefficient (Wildman–Crippen LogP) is -0.177. The van der Waals surface area contributed by atoms with E-state index in [-0.39, 0.29) is 12.6 Å². The number of nitrogens with one attached hydrogen (secondary N) is 1. The van der Waals surface area contributed by atoms with E-state index in [1.807, 2.05) is 14.0 Å². The van der Waals surface area contributed by atoms with Crippen LogP contribution < -0.4 is 5.32 Å². The second-order valence-electron chi connectivity index (χ2n) is 5.15. The van der Waals surface area contributed by atoms with Gasteiger partial charge in [0.25, 0.3) is 0 Å². The molecule has 0 spiro atoms. The van der Waals surface area contributed by atoms with E-state index in [9.17, 15) is 9.59 Å². The molecule has 0 aromatic heterocycles. The lowest BCUT2D eigenvalue weighted by atomic mass is 9.97. The zero-order valence-corrected chi connectivity index (χ0v) is 11.8. The van der Waals surface area contributed by atoms with Crippen molar-refractivity contribution in [2.75, 3.05) is 46.9 Å². The van der Waals surface area contributed by atoms with Crippen molar-refractivity contribution in [3.63, 3.8) is 0 Å². The highest BCUT2D eigenvalue weighted by Crippen LogP contribution is 2.25. The van der Waals surface area contributed by atoms with Gasteiger partial charge in [-0.1, -0.05) is 0 Å². The second kappa shape index (κ2) is 6.72. The monoisotopic (exact) mass is 273 g/mol. The van der Waals surface area contributed by atoms with Crippen LogP contribution in [0.25, 0.3) is 0 Å². The van der Waals surface area contributed by atoms with Crippen LogP contribution in [0.2, 0.25) is 0 Å². The Morgan fingerprint density at radius 3 is 2.63 bits per heavy atom. The topological polar surface area (TPSA) is 82.1 Å². The summed E-state index contributed by atoms with van der Waals surface area (Å²) < 4.78 is 5.26. The normalized spacial score (nSPS) is 16.9. The molecule has 19 heavy (non-hydrogen) atoms. The Morgan fingerprint density at radius 2 is 2.11 bits per heavy atom. The number of hydrogen-bond donors (Lipinski definition) is 2. The number of carboxylic acid groups (broad SMARTS) is 1. The van der Waals surface area contributed by atoms with Gasteiger partial charge in [-0.15, -0.1) is 0 Å². The molecule has 1 aliphatic heterocycles. The molecule has 0 saturated carbocycles. The average Bonchev–Trinajstić information content (AvgIpc) is 2.32. The number of rotatable bonds is 7. The van der Waals surface area contributed by atoms with Crippen molar-refractivity contribution in [1.82, 2.24) is 15.1 Å². The first-order valence-electron chi connectivity index (χ1n) is 6.38. The van der Waals surface area contributed by atoms with E-state index >= 15 is 0 Å². The van der Waals surface area contributed by atoms with E-state index in [0.717, 1.165) is 13.0 Å². The number of carboxylic acids is 1. The molecule has 0 aromatic rings. The average molecular weight is 273 g/mol. The predicted molar refractivity (Wildman–Crippen MR) is 70.1 cm³/mol. The van der Waals surface area contributed by atoms with Crippen molar-refractivity contribution in [1.29, 1.82) is 0 Å². The number of nitrogens with zero attached hydrogens (tertiary/aromatic N) is 2. The molecule has 2 N–H and O–H groups in total. The molecule has 1 saturated heterocycles. The Labute approximate surface area is 113 Å². The molecule has 0 bridgehead atoms. The van der Waals surface area contributed by atoms with Gasteiger partial charge in [0.1, 0.15) is 12.2 Å². The lowest BCUT2D eigenvalue weighted by molar-refractivity contribution is -0.160.